The maximum absolute atomic E-state index is 12.6. The lowest BCUT2D eigenvalue weighted by Crippen LogP contribution is -2.27. The van der Waals surface area contributed by atoms with Gasteiger partial charge in [0.25, 0.3) is 16.0 Å². The number of aryl methyl sites for hydroxylation is 1. The van der Waals surface area contributed by atoms with Gasteiger partial charge in [-0.3, -0.25) is 0 Å². The molecule has 1 aromatic heterocycles. The van der Waals surface area contributed by atoms with E-state index >= 15 is 0 Å². The van der Waals surface area contributed by atoms with Crippen molar-refractivity contribution in [1.82, 2.24) is 9.36 Å². The molecule has 118 valence electrons. The highest BCUT2D eigenvalue weighted by molar-refractivity contribution is 7.92. The van der Waals surface area contributed by atoms with Crippen LogP contribution in [-0.2, 0) is 10.0 Å². The molecule has 0 saturated carbocycles. The number of nitrogens with zero attached hydrogens (tertiary/aromatic N) is 3. The second-order valence-corrected chi connectivity index (χ2v) is 7.77. The number of benzene rings is 2. The first-order chi connectivity index (χ1) is 11.0. The van der Waals surface area contributed by atoms with E-state index in [1.807, 2.05) is 37.3 Å². The van der Waals surface area contributed by atoms with Gasteiger partial charge in [0, 0.05) is 12.6 Å². The van der Waals surface area contributed by atoms with E-state index in [4.69, 9.17) is 0 Å². The van der Waals surface area contributed by atoms with E-state index in [2.05, 4.69) is 9.36 Å². The fourth-order valence-corrected chi connectivity index (χ4v) is 3.86. The normalized spacial score (nSPS) is 11.4. The summed E-state index contributed by atoms with van der Waals surface area (Å²) >= 11 is 1.18. The lowest BCUT2D eigenvalue weighted by molar-refractivity contribution is 0.593. The zero-order chi connectivity index (χ0) is 16.4. The minimum Gasteiger partial charge on any atom is -0.236 e. The Labute approximate surface area is 139 Å². The molecular weight excluding hydrogens is 330 g/mol. The third-order valence-electron chi connectivity index (χ3n) is 3.40. The fraction of sp³-hybridized carbons (Fsp3) is 0.125. The molecule has 0 spiro atoms. The Morgan fingerprint density at radius 1 is 1.00 bits per heavy atom. The van der Waals surface area contributed by atoms with Gasteiger partial charge in [0.1, 0.15) is 5.01 Å². The Bertz CT molecular complexity index is 904. The molecule has 5 nitrogen and oxygen atoms in total. The average molecular weight is 345 g/mol. The molecule has 3 aromatic rings. The Balaban J connectivity index is 1.93. The number of anilines is 1. The van der Waals surface area contributed by atoms with Gasteiger partial charge >= 0.3 is 0 Å². The Kier molecular flexibility index (Phi) is 4.14. The predicted molar refractivity (Wildman–Crippen MR) is 92.1 cm³/mol. The van der Waals surface area contributed by atoms with Crippen LogP contribution in [0.2, 0.25) is 0 Å². The highest BCUT2D eigenvalue weighted by atomic mass is 32.2. The van der Waals surface area contributed by atoms with Crippen molar-refractivity contribution in [1.29, 1.82) is 0 Å². The van der Waals surface area contributed by atoms with Gasteiger partial charge in [0.2, 0.25) is 0 Å². The first-order valence-electron chi connectivity index (χ1n) is 6.93. The van der Waals surface area contributed by atoms with Gasteiger partial charge in [-0.15, -0.1) is 0 Å². The van der Waals surface area contributed by atoms with Gasteiger partial charge in [0.05, 0.1) is 4.90 Å². The number of sulfonamides is 1. The maximum atomic E-state index is 12.6. The first-order valence-corrected chi connectivity index (χ1v) is 9.14. The van der Waals surface area contributed by atoms with Crippen LogP contribution < -0.4 is 4.31 Å². The van der Waals surface area contributed by atoms with Crippen molar-refractivity contribution < 1.29 is 8.42 Å². The summed E-state index contributed by atoms with van der Waals surface area (Å²) in [6.07, 6.45) is 0. The third-order valence-corrected chi connectivity index (χ3v) is 5.90. The molecule has 0 amide bonds. The number of hydrogen-bond acceptors (Lipinski definition) is 5. The Hall–Kier alpha value is -2.25. The molecule has 7 heteroatoms. The van der Waals surface area contributed by atoms with Crippen LogP contribution in [-0.4, -0.2) is 24.8 Å². The van der Waals surface area contributed by atoms with E-state index in [-0.39, 0.29) is 10.8 Å². The van der Waals surface area contributed by atoms with Crippen LogP contribution in [0.1, 0.15) is 5.56 Å². The zero-order valence-electron chi connectivity index (χ0n) is 12.7. The molecule has 0 N–H and O–H groups in total. The molecule has 0 saturated heterocycles. The van der Waals surface area contributed by atoms with Crippen molar-refractivity contribution in [2.45, 2.75) is 11.8 Å². The summed E-state index contributed by atoms with van der Waals surface area (Å²) in [6.45, 7) is 1.91. The summed E-state index contributed by atoms with van der Waals surface area (Å²) in [6, 6.07) is 16.3. The highest BCUT2D eigenvalue weighted by Gasteiger charge is 2.24. The van der Waals surface area contributed by atoms with E-state index in [1.165, 1.54) is 18.6 Å². The smallest absolute Gasteiger partial charge is 0.236 e. The minimum absolute atomic E-state index is 0.175. The predicted octanol–water partition coefficient (Wildman–Crippen LogP) is 3.34. The lowest BCUT2D eigenvalue weighted by Gasteiger charge is -2.15. The Morgan fingerprint density at radius 3 is 2.30 bits per heavy atom. The molecule has 23 heavy (non-hydrogen) atoms. The topological polar surface area (TPSA) is 63.2 Å². The molecule has 0 atom stereocenters. The highest BCUT2D eigenvalue weighted by Crippen LogP contribution is 2.26. The molecule has 0 aliphatic rings. The molecule has 1 heterocycles. The molecule has 3 rings (SSSR count). The van der Waals surface area contributed by atoms with Crippen molar-refractivity contribution in [3.8, 4) is 10.6 Å². The lowest BCUT2D eigenvalue weighted by atomic mass is 10.2. The van der Waals surface area contributed by atoms with Crippen LogP contribution in [0.25, 0.3) is 10.6 Å². The van der Waals surface area contributed by atoms with Crippen molar-refractivity contribution in [2.24, 2.45) is 0 Å². The van der Waals surface area contributed by atoms with Crippen LogP contribution in [0.15, 0.2) is 59.5 Å². The summed E-state index contributed by atoms with van der Waals surface area (Å²) in [5.41, 5.74) is 1.92. The number of rotatable bonds is 4. The molecule has 0 aliphatic carbocycles. The van der Waals surface area contributed by atoms with Crippen LogP contribution in [0.5, 0.6) is 0 Å². The van der Waals surface area contributed by atoms with Crippen LogP contribution >= 0.6 is 11.5 Å². The van der Waals surface area contributed by atoms with Crippen LogP contribution in [0.4, 0.5) is 5.95 Å². The van der Waals surface area contributed by atoms with E-state index in [9.17, 15) is 8.42 Å². The zero-order valence-corrected chi connectivity index (χ0v) is 14.3. The second kappa shape index (κ2) is 6.10. The SMILES string of the molecule is Cc1ccc(S(=O)(=O)N(C)c2nsc(-c3ccccc3)n2)cc1. The van der Waals surface area contributed by atoms with Crippen molar-refractivity contribution in [3.05, 3.63) is 60.2 Å². The van der Waals surface area contributed by atoms with Crippen molar-refractivity contribution >= 4 is 27.5 Å². The molecule has 0 fully saturated rings. The summed E-state index contributed by atoms with van der Waals surface area (Å²) in [5, 5.41) is 0.687. The van der Waals surface area contributed by atoms with Gasteiger partial charge in [-0.25, -0.2) is 12.7 Å². The van der Waals surface area contributed by atoms with E-state index in [0.29, 0.717) is 5.01 Å². The van der Waals surface area contributed by atoms with Crippen LogP contribution in [0.3, 0.4) is 0 Å². The Morgan fingerprint density at radius 2 is 1.65 bits per heavy atom. The standard InChI is InChI=1S/C16H15N3O2S2/c1-12-8-10-14(11-9-12)23(20,21)19(2)16-17-15(22-18-16)13-6-4-3-5-7-13/h3-11H,1-2H3. The van der Waals surface area contributed by atoms with E-state index < -0.39 is 10.0 Å². The summed E-state index contributed by atoms with van der Waals surface area (Å²) in [4.78, 5) is 4.57. The van der Waals surface area contributed by atoms with Crippen molar-refractivity contribution in [2.75, 3.05) is 11.4 Å². The van der Waals surface area contributed by atoms with Gasteiger partial charge in [-0.1, -0.05) is 48.0 Å². The van der Waals surface area contributed by atoms with Gasteiger partial charge in [-0.05, 0) is 30.6 Å². The second-order valence-electron chi connectivity index (χ2n) is 5.05. The van der Waals surface area contributed by atoms with E-state index in [1.54, 1.807) is 24.3 Å². The summed E-state index contributed by atoms with van der Waals surface area (Å²) in [5.74, 6) is 0.175. The number of hydrogen-bond donors (Lipinski definition) is 0. The minimum atomic E-state index is -3.66. The molecule has 2 aromatic carbocycles. The molecule has 0 radical (unpaired) electrons. The number of aromatic nitrogens is 2. The summed E-state index contributed by atoms with van der Waals surface area (Å²) < 4.78 is 30.6. The molecule has 0 aliphatic heterocycles. The van der Waals surface area contributed by atoms with Gasteiger partial charge in [-0.2, -0.15) is 9.36 Å². The van der Waals surface area contributed by atoms with Crippen molar-refractivity contribution in [3.63, 3.8) is 0 Å². The molecule has 0 bridgehead atoms. The third kappa shape index (κ3) is 3.11. The largest absolute Gasteiger partial charge is 0.266 e. The van der Waals surface area contributed by atoms with Gasteiger partial charge in [0.15, 0.2) is 0 Å². The summed E-state index contributed by atoms with van der Waals surface area (Å²) in [7, 11) is -2.20. The van der Waals surface area contributed by atoms with Crippen LogP contribution in [0, 0.1) is 6.92 Å². The fourth-order valence-electron chi connectivity index (χ4n) is 2.02. The first kappa shape index (κ1) is 15.6. The quantitative estimate of drug-likeness (QED) is 0.727. The average Bonchev–Trinajstić information content (AvgIpc) is 3.05. The molecular formula is C16H15N3O2S2. The molecule has 0 unspecified atom stereocenters. The van der Waals surface area contributed by atoms with Gasteiger partial charge < -0.3 is 0 Å². The van der Waals surface area contributed by atoms with E-state index in [0.717, 1.165) is 15.4 Å². The maximum Gasteiger partial charge on any atom is 0.266 e. The monoisotopic (exact) mass is 345 g/mol.